The Balaban J connectivity index is 2.07. The Morgan fingerprint density at radius 1 is 1.18 bits per heavy atom. The van der Waals surface area contributed by atoms with Crippen molar-refractivity contribution in [3.05, 3.63) is 42.0 Å². The van der Waals surface area contributed by atoms with Crippen LogP contribution >= 0.6 is 0 Å². The van der Waals surface area contributed by atoms with Gasteiger partial charge >= 0.3 is 0 Å². The van der Waals surface area contributed by atoms with Crippen LogP contribution in [0.5, 0.6) is 0 Å². The van der Waals surface area contributed by atoms with E-state index in [1.165, 1.54) is 18.5 Å². The summed E-state index contributed by atoms with van der Waals surface area (Å²) < 4.78 is 0. The minimum atomic E-state index is 0.179. The molecule has 0 aromatic heterocycles. The lowest BCUT2D eigenvalue weighted by Crippen LogP contribution is -2.38. The summed E-state index contributed by atoms with van der Waals surface area (Å²) in [6, 6.07) is 8.28. The molecule has 0 unspecified atom stereocenters. The van der Waals surface area contributed by atoms with E-state index in [1.54, 1.807) is 0 Å². The summed E-state index contributed by atoms with van der Waals surface area (Å²) in [6.45, 7) is 7.96. The molecule has 2 nitrogen and oxygen atoms in total. The Bertz CT molecular complexity index is 390. The Hall–Kier alpha value is -1.28. The monoisotopic (exact) mass is 230 g/mol. The Labute approximate surface area is 104 Å². The van der Waals surface area contributed by atoms with Crippen LogP contribution in [0.4, 0.5) is 5.69 Å². The van der Waals surface area contributed by atoms with E-state index in [2.05, 4.69) is 43.0 Å². The van der Waals surface area contributed by atoms with Crippen LogP contribution < -0.4 is 5.73 Å². The highest BCUT2D eigenvalue weighted by Crippen LogP contribution is 2.25. The maximum Gasteiger partial charge on any atom is 0.0314 e. The zero-order chi connectivity index (χ0) is 12.3. The van der Waals surface area contributed by atoms with E-state index < -0.39 is 0 Å². The number of nitrogens with two attached hydrogens (primary N) is 1. The second-order valence-electron chi connectivity index (χ2n) is 5.50. The van der Waals surface area contributed by atoms with Crippen LogP contribution in [0.25, 0.3) is 0 Å². The molecule has 1 aromatic carbocycles. The Kier molecular flexibility index (Phi) is 3.53. The summed E-state index contributed by atoms with van der Waals surface area (Å²) in [5.41, 5.74) is 8.11. The molecule has 92 valence electrons. The zero-order valence-corrected chi connectivity index (χ0v) is 10.8. The van der Waals surface area contributed by atoms with Crippen molar-refractivity contribution in [3.8, 4) is 0 Å². The molecule has 0 atom stereocenters. The number of hydrogen-bond donors (Lipinski definition) is 1. The number of anilines is 1. The maximum absolute atomic E-state index is 5.73. The smallest absolute Gasteiger partial charge is 0.0314 e. The SMILES string of the molecule is CC(C)(CN1CC=CCC1)c1ccc(N)cc1. The molecule has 0 amide bonds. The van der Waals surface area contributed by atoms with Gasteiger partial charge in [-0.2, -0.15) is 0 Å². The van der Waals surface area contributed by atoms with Crippen LogP contribution in [0.15, 0.2) is 36.4 Å². The molecule has 1 aromatic rings. The van der Waals surface area contributed by atoms with Gasteiger partial charge in [0.2, 0.25) is 0 Å². The van der Waals surface area contributed by atoms with Crippen LogP contribution in [0, 0.1) is 0 Å². The van der Waals surface area contributed by atoms with E-state index in [0.29, 0.717) is 0 Å². The van der Waals surface area contributed by atoms with Crippen molar-refractivity contribution in [1.29, 1.82) is 0 Å². The second kappa shape index (κ2) is 4.92. The average Bonchev–Trinajstić information content (AvgIpc) is 2.30. The number of benzene rings is 1. The van der Waals surface area contributed by atoms with Crippen molar-refractivity contribution in [2.24, 2.45) is 0 Å². The summed E-state index contributed by atoms with van der Waals surface area (Å²) in [5.74, 6) is 0. The lowest BCUT2D eigenvalue weighted by Gasteiger charge is -2.33. The first-order chi connectivity index (χ1) is 8.08. The van der Waals surface area contributed by atoms with E-state index in [1.807, 2.05) is 12.1 Å². The summed E-state index contributed by atoms with van der Waals surface area (Å²) in [5, 5.41) is 0. The van der Waals surface area contributed by atoms with Gasteiger partial charge in [-0.25, -0.2) is 0 Å². The third-order valence-electron chi connectivity index (χ3n) is 3.45. The highest BCUT2D eigenvalue weighted by molar-refractivity contribution is 5.41. The van der Waals surface area contributed by atoms with Gasteiger partial charge < -0.3 is 5.73 Å². The van der Waals surface area contributed by atoms with Crippen LogP contribution in [0.2, 0.25) is 0 Å². The zero-order valence-electron chi connectivity index (χ0n) is 10.8. The predicted octanol–water partition coefficient (Wildman–Crippen LogP) is 2.81. The molecule has 1 heterocycles. The average molecular weight is 230 g/mol. The highest BCUT2D eigenvalue weighted by Gasteiger charge is 2.23. The van der Waals surface area contributed by atoms with Gasteiger partial charge in [0.15, 0.2) is 0 Å². The largest absolute Gasteiger partial charge is 0.399 e. The lowest BCUT2D eigenvalue weighted by atomic mass is 9.84. The quantitative estimate of drug-likeness (QED) is 0.639. The molecule has 0 fully saturated rings. The van der Waals surface area contributed by atoms with Crippen LogP contribution in [-0.4, -0.2) is 24.5 Å². The minimum Gasteiger partial charge on any atom is -0.399 e. The molecule has 0 radical (unpaired) electrons. The Morgan fingerprint density at radius 3 is 2.47 bits per heavy atom. The summed E-state index contributed by atoms with van der Waals surface area (Å²) >= 11 is 0. The topological polar surface area (TPSA) is 29.3 Å². The second-order valence-corrected chi connectivity index (χ2v) is 5.50. The summed E-state index contributed by atoms with van der Waals surface area (Å²) in [6.07, 6.45) is 5.72. The molecule has 0 aliphatic carbocycles. The first-order valence-electron chi connectivity index (χ1n) is 6.31. The van der Waals surface area contributed by atoms with E-state index in [-0.39, 0.29) is 5.41 Å². The molecular weight excluding hydrogens is 208 g/mol. The molecule has 0 saturated heterocycles. The van der Waals surface area contributed by atoms with Gasteiger partial charge in [-0.05, 0) is 24.1 Å². The van der Waals surface area contributed by atoms with Gasteiger partial charge in [-0.1, -0.05) is 38.1 Å². The van der Waals surface area contributed by atoms with Gasteiger partial charge in [0, 0.05) is 30.7 Å². The number of nitrogens with zero attached hydrogens (tertiary/aromatic N) is 1. The summed E-state index contributed by atoms with van der Waals surface area (Å²) in [7, 11) is 0. The van der Waals surface area contributed by atoms with Gasteiger partial charge in [0.05, 0.1) is 0 Å². The van der Waals surface area contributed by atoms with E-state index in [0.717, 1.165) is 18.8 Å². The van der Waals surface area contributed by atoms with Crippen molar-refractivity contribution in [2.45, 2.75) is 25.7 Å². The van der Waals surface area contributed by atoms with Gasteiger partial charge in [-0.15, -0.1) is 0 Å². The number of hydrogen-bond acceptors (Lipinski definition) is 2. The molecule has 0 saturated carbocycles. The fraction of sp³-hybridized carbons (Fsp3) is 0.467. The van der Waals surface area contributed by atoms with Crippen LogP contribution in [-0.2, 0) is 5.41 Å². The van der Waals surface area contributed by atoms with Crippen molar-refractivity contribution in [3.63, 3.8) is 0 Å². The highest BCUT2D eigenvalue weighted by atomic mass is 15.1. The third kappa shape index (κ3) is 3.10. The van der Waals surface area contributed by atoms with Crippen molar-refractivity contribution < 1.29 is 0 Å². The molecule has 2 rings (SSSR count). The van der Waals surface area contributed by atoms with E-state index in [4.69, 9.17) is 5.73 Å². The summed E-state index contributed by atoms with van der Waals surface area (Å²) in [4.78, 5) is 2.51. The maximum atomic E-state index is 5.73. The molecule has 0 bridgehead atoms. The fourth-order valence-corrected chi connectivity index (χ4v) is 2.42. The van der Waals surface area contributed by atoms with Crippen molar-refractivity contribution >= 4 is 5.69 Å². The molecule has 2 heteroatoms. The molecule has 2 N–H and O–H groups in total. The van der Waals surface area contributed by atoms with Crippen molar-refractivity contribution in [2.75, 3.05) is 25.4 Å². The van der Waals surface area contributed by atoms with Gasteiger partial charge in [-0.3, -0.25) is 4.90 Å². The molecular formula is C15H22N2. The predicted molar refractivity (Wildman–Crippen MR) is 74.1 cm³/mol. The normalized spacial score (nSPS) is 17.3. The van der Waals surface area contributed by atoms with Gasteiger partial charge in [0.25, 0.3) is 0 Å². The molecule has 0 spiro atoms. The van der Waals surface area contributed by atoms with Crippen molar-refractivity contribution in [1.82, 2.24) is 4.90 Å². The van der Waals surface area contributed by atoms with Gasteiger partial charge in [0.1, 0.15) is 0 Å². The molecule has 1 aliphatic heterocycles. The van der Waals surface area contributed by atoms with Crippen LogP contribution in [0.3, 0.4) is 0 Å². The molecule has 1 aliphatic rings. The number of nitrogen functional groups attached to an aromatic ring is 1. The first-order valence-corrected chi connectivity index (χ1v) is 6.31. The third-order valence-corrected chi connectivity index (χ3v) is 3.45. The first kappa shape index (κ1) is 12.2. The molecule has 17 heavy (non-hydrogen) atoms. The minimum absolute atomic E-state index is 0.179. The van der Waals surface area contributed by atoms with E-state index >= 15 is 0 Å². The standard InChI is InChI=1S/C15H22N2/c1-15(2,12-17-10-4-3-5-11-17)13-6-8-14(16)9-7-13/h3-4,6-9H,5,10-12,16H2,1-2H3. The van der Waals surface area contributed by atoms with Crippen LogP contribution in [0.1, 0.15) is 25.8 Å². The number of rotatable bonds is 3. The fourth-order valence-electron chi connectivity index (χ4n) is 2.42. The Morgan fingerprint density at radius 2 is 1.88 bits per heavy atom. The lowest BCUT2D eigenvalue weighted by molar-refractivity contribution is 0.241. The van der Waals surface area contributed by atoms with E-state index in [9.17, 15) is 0 Å².